The summed E-state index contributed by atoms with van der Waals surface area (Å²) in [6.45, 7) is 2.36. The van der Waals surface area contributed by atoms with Crippen molar-refractivity contribution in [2.24, 2.45) is 0 Å². The molecule has 0 unspecified atom stereocenters. The summed E-state index contributed by atoms with van der Waals surface area (Å²) in [6, 6.07) is 5.01. The molecule has 1 N–H and O–H groups in total. The molecular weight excluding hydrogens is 156 g/mol. The molecule has 66 valence electrons. The highest BCUT2D eigenvalue weighted by molar-refractivity contribution is 5.50. The van der Waals surface area contributed by atoms with Gasteiger partial charge in [0.15, 0.2) is 11.5 Å². The van der Waals surface area contributed by atoms with Gasteiger partial charge in [0.05, 0.1) is 13.7 Å². The van der Waals surface area contributed by atoms with Gasteiger partial charge in [-0.3, -0.25) is 0 Å². The smallest absolute Gasteiger partial charge is 0.203 e. The molecule has 0 aliphatic rings. The Hall–Kier alpha value is -1.38. The zero-order valence-electron chi connectivity index (χ0n) is 7.20. The van der Waals surface area contributed by atoms with Crippen LogP contribution in [0.1, 0.15) is 6.92 Å². The summed E-state index contributed by atoms with van der Waals surface area (Å²) in [6.07, 6.45) is 0. The Morgan fingerprint density at radius 1 is 1.42 bits per heavy atom. The first-order valence-corrected chi connectivity index (χ1v) is 3.78. The minimum atomic E-state index is 0.108. The molecule has 12 heavy (non-hydrogen) atoms. The zero-order chi connectivity index (χ0) is 8.97. The van der Waals surface area contributed by atoms with Crippen LogP contribution < -0.4 is 9.47 Å². The molecule has 3 nitrogen and oxygen atoms in total. The van der Waals surface area contributed by atoms with Crippen molar-refractivity contribution in [1.29, 1.82) is 0 Å². The van der Waals surface area contributed by atoms with Crippen LogP contribution >= 0.6 is 0 Å². The largest absolute Gasteiger partial charge is 0.504 e. The summed E-state index contributed by atoms with van der Waals surface area (Å²) < 4.78 is 10.2. The van der Waals surface area contributed by atoms with Gasteiger partial charge in [-0.1, -0.05) is 6.07 Å². The molecule has 0 heterocycles. The third kappa shape index (κ3) is 1.61. The van der Waals surface area contributed by atoms with Crippen molar-refractivity contribution in [3.05, 3.63) is 18.2 Å². The molecule has 0 spiro atoms. The average Bonchev–Trinajstić information content (AvgIpc) is 2.09. The van der Waals surface area contributed by atoms with Crippen LogP contribution in [0.2, 0.25) is 0 Å². The fourth-order valence-corrected chi connectivity index (χ4v) is 0.954. The van der Waals surface area contributed by atoms with Crippen LogP contribution in [0.15, 0.2) is 18.2 Å². The van der Waals surface area contributed by atoms with E-state index in [0.717, 1.165) is 0 Å². The Labute approximate surface area is 71.5 Å². The molecular formula is C9H12O3. The molecule has 0 aliphatic carbocycles. The standard InChI is InChI=1S/C9H12O3/c1-3-12-9-7(10)5-4-6-8(9)11-2/h4-6,10H,3H2,1-2H3. The molecule has 1 aromatic rings. The molecule has 0 saturated carbocycles. The third-order valence-corrected chi connectivity index (χ3v) is 1.47. The van der Waals surface area contributed by atoms with Crippen molar-refractivity contribution in [3.63, 3.8) is 0 Å². The van der Waals surface area contributed by atoms with Crippen molar-refractivity contribution >= 4 is 0 Å². The minimum Gasteiger partial charge on any atom is -0.504 e. The van der Waals surface area contributed by atoms with E-state index in [1.165, 1.54) is 7.11 Å². The highest BCUT2D eigenvalue weighted by Gasteiger charge is 2.07. The van der Waals surface area contributed by atoms with E-state index in [2.05, 4.69) is 0 Å². The van der Waals surface area contributed by atoms with Crippen molar-refractivity contribution in [2.45, 2.75) is 6.92 Å². The molecule has 0 aliphatic heterocycles. The molecule has 0 aromatic heterocycles. The fraction of sp³-hybridized carbons (Fsp3) is 0.333. The number of hydrogen-bond acceptors (Lipinski definition) is 3. The molecule has 0 amide bonds. The minimum absolute atomic E-state index is 0.108. The van der Waals surface area contributed by atoms with Gasteiger partial charge in [-0.15, -0.1) is 0 Å². The second kappa shape index (κ2) is 3.85. The molecule has 3 heteroatoms. The monoisotopic (exact) mass is 168 g/mol. The topological polar surface area (TPSA) is 38.7 Å². The van der Waals surface area contributed by atoms with Crippen LogP contribution in [-0.4, -0.2) is 18.8 Å². The van der Waals surface area contributed by atoms with Crippen molar-refractivity contribution in [3.8, 4) is 17.2 Å². The van der Waals surface area contributed by atoms with E-state index in [1.54, 1.807) is 18.2 Å². The summed E-state index contributed by atoms with van der Waals surface area (Å²) in [4.78, 5) is 0. The molecule has 1 rings (SSSR count). The number of ether oxygens (including phenoxy) is 2. The Morgan fingerprint density at radius 2 is 2.17 bits per heavy atom. The van der Waals surface area contributed by atoms with E-state index in [1.807, 2.05) is 6.92 Å². The molecule has 0 atom stereocenters. The SMILES string of the molecule is CCOc1c(O)cccc1OC. The van der Waals surface area contributed by atoms with Crippen LogP contribution in [0.25, 0.3) is 0 Å². The van der Waals surface area contributed by atoms with Gasteiger partial charge in [-0.2, -0.15) is 0 Å². The van der Waals surface area contributed by atoms with Gasteiger partial charge in [-0.05, 0) is 19.1 Å². The van der Waals surface area contributed by atoms with Gasteiger partial charge >= 0.3 is 0 Å². The summed E-state index contributed by atoms with van der Waals surface area (Å²) in [7, 11) is 1.54. The number of para-hydroxylation sites is 1. The quantitative estimate of drug-likeness (QED) is 0.747. The Kier molecular flexibility index (Phi) is 2.80. The number of aromatic hydroxyl groups is 1. The first-order valence-electron chi connectivity index (χ1n) is 3.78. The number of hydrogen-bond donors (Lipinski definition) is 1. The van der Waals surface area contributed by atoms with Gasteiger partial charge in [0, 0.05) is 0 Å². The second-order valence-electron chi connectivity index (χ2n) is 2.24. The maximum Gasteiger partial charge on any atom is 0.203 e. The number of phenolic OH excluding ortho intramolecular Hbond substituents is 1. The Bertz CT molecular complexity index is 258. The first-order chi connectivity index (χ1) is 5.79. The number of methoxy groups -OCH3 is 1. The van der Waals surface area contributed by atoms with Gasteiger partial charge in [0.2, 0.25) is 5.75 Å². The van der Waals surface area contributed by atoms with Crippen LogP contribution in [-0.2, 0) is 0 Å². The summed E-state index contributed by atoms with van der Waals surface area (Å²) in [5.74, 6) is 1.07. The van der Waals surface area contributed by atoms with E-state index in [4.69, 9.17) is 9.47 Å². The van der Waals surface area contributed by atoms with Crippen molar-refractivity contribution < 1.29 is 14.6 Å². The first kappa shape index (κ1) is 8.71. The van der Waals surface area contributed by atoms with E-state index in [9.17, 15) is 5.11 Å². The van der Waals surface area contributed by atoms with Crippen molar-refractivity contribution in [2.75, 3.05) is 13.7 Å². The molecule has 0 radical (unpaired) electrons. The van der Waals surface area contributed by atoms with Crippen molar-refractivity contribution in [1.82, 2.24) is 0 Å². The van der Waals surface area contributed by atoms with Crippen LogP contribution in [0.4, 0.5) is 0 Å². The van der Waals surface area contributed by atoms with Crippen LogP contribution in [0, 0.1) is 0 Å². The summed E-state index contributed by atoms with van der Waals surface area (Å²) in [5, 5.41) is 9.35. The van der Waals surface area contributed by atoms with Gasteiger partial charge in [0.25, 0.3) is 0 Å². The highest BCUT2D eigenvalue weighted by atomic mass is 16.5. The van der Waals surface area contributed by atoms with E-state index >= 15 is 0 Å². The normalized spacial score (nSPS) is 9.50. The van der Waals surface area contributed by atoms with E-state index in [-0.39, 0.29) is 5.75 Å². The summed E-state index contributed by atoms with van der Waals surface area (Å²) in [5.41, 5.74) is 0. The molecule has 1 aromatic carbocycles. The predicted octanol–water partition coefficient (Wildman–Crippen LogP) is 1.80. The molecule has 0 fully saturated rings. The highest BCUT2D eigenvalue weighted by Crippen LogP contribution is 2.35. The third-order valence-electron chi connectivity index (χ3n) is 1.47. The van der Waals surface area contributed by atoms with E-state index < -0.39 is 0 Å². The Morgan fingerprint density at radius 3 is 2.75 bits per heavy atom. The average molecular weight is 168 g/mol. The Balaban J connectivity index is 3.02. The maximum absolute atomic E-state index is 9.35. The van der Waals surface area contributed by atoms with E-state index in [0.29, 0.717) is 18.1 Å². The number of benzene rings is 1. The number of phenols is 1. The maximum atomic E-state index is 9.35. The predicted molar refractivity (Wildman–Crippen MR) is 45.8 cm³/mol. The lowest BCUT2D eigenvalue weighted by atomic mass is 10.3. The zero-order valence-corrected chi connectivity index (χ0v) is 7.20. The lowest BCUT2D eigenvalue weighted by Gasteiger charge is -2.09. The summed E-state index contributed by atoms with van der Waals surface area (Å²) >= 11 is 0. The van der Waals surface area contributed by atoms with Crippen LogP contribution in [0.3, 0.4) is 0 Å². The van der Waals surface area contributed by atoms with Gasteiger partial charge < -0.3 is 14.6 Å². The molecule has 0 bridgehead atoms. The molecule has 0 saturated heterocycles. The van der Waals surface area contributed by atoms with Gasteiger partial charge in [-0.25, -0.2) is 0 Å². The lowest BCUT2D eigenvalue weighted by molar-refractivity contribution is 0.293. The van der Waals surface area contributed by atoms with Gasteiger partial charge in [0.1, 0.15) is 0 Å². The fourth-order valence-electron chi connectivity index (χ4n) is 0.954. The van der Waals surface area contributed by atoms with Crippen LogP contribution in [0.5, 0.6) is 17.2 Å². The lowest BCUT2D eigenvalue weighted by Crippen LogP contribution is -1.95. The second-order valence-corrected chi connectivity index (χ2v) is 2.24. The number of rotatable bonds is 3.